The molecule has 0 aliphatic heterocycles. The minimum Gasteiger partial charge on any atom is -0.472 e. The lowest BCUT2D eigenvalue weighted by Crippen LogP contribution is -2.36. The first kappa shape index (κ1) is 11.6. The minimum absolute atomic E-state index is 0.00456. The summed E-state index contributed by atoms with van der Waals surface area (Å²) in [7, 11) is 0. The quantitative estimate of drug-likeness (QED) is 0.627. The summed E-state index contributed by atoms with van der Waals surface area (Å²) in [5.41, 5.74) is 0. The monoisotopic (exact) mass is 209 g/mol. The largest absolute Gasteiger partial charge is 0.472 e. The van der Waals surface area contributed by atoms with Crippen LogP contribution in [0.25, 0.3) is 0 Å². The first-order valence-corrected chi connectivity index (χ1v) is 5.09. The molecule has 1 amide bonds. The van der Waals surface area contributed by atoms with Gasteiger partial charge in [-0.2, -0.15) is 0 Å². The number of hydrogen-bond donors (Lipinski definition) is 2. The molecule has 82 valence electrons. The van der Waals surface area contributed by atoms with Gasteiger partial charge in [-0.1, -0.05) is 5.92 Å². The van der Waals surface area contributed by atoms with E-state index in [0.29, 0.717) is 0 Å². The molecule has 0 bridgehead atoms. The van der Waals surface area contributed by atoms with Crippen LogP contribution in [0, 0.1) is 17.8 Å². The van der Waals surface area contributed by atoms with Gasteiger partial charge in [0.05, 0.1) is 0 Å². The number of carboxylic acids is 1. The summed E-state index contributed by atoms with van der Waals surface area (Å²) in [6.07, 6.45) is 3.51. The fourth-order valence-corrected chi connectivity index (χ4v) is 1.83. The molecule has 1 fully saturated rings. The van der Waals surface area contributed by atoms with Crippen LogP contribution in [0.4, 0.5) is 0 Å². The van der Waals surface area contributed by atoms with E-state index in [-0.39, 0.29) is 17.9 Å². The zero-order valence-electron chi connectivity index (χ0n) is 8.75. The number of amides is 1. The molecule has 0 aromatic rings. The Morgan fingerprint density at radius 2 is 1.87 bits per heavy atom. The number of carbonyl (C=O) groups excluding carboxylic acids is 1. The Kier molecular flexibility index (Phi) is 4.17. The molecule has 0 radical (unpaired) electrons. The molecule has 15 heavy (non-hydrogen) atoms. The molecule has 1 aliphatic rings. The summed E-state index contributed by atoms with van der Waals surface area (Å²) in [4.78, 5) is 21.0. The molecular formula is C11H15NO3. The van der Waals surface area contributed by atoms with E-state index in [4.69, 9.17) is 5.11 Å². The topological polar surface area (TPSA) is 66.4 Å². The summed E-state index contributed by atoms with van der Waals surface area (Å²) in [6, 6.07) is 0.241. The van der Waals surface area contributed by atoms with E-state index >= 15 is 0 Å². The molecule has 0 saturated heterocycles. The van der Waals surface area contributed by atoms with Gasteiger partial charge in [-0.15, -0.1) is 0 Å². The van der Waals surface area contributed by atoms with Crippen LogP contribution >= 0.6 is 0 Å². The molecule has 0 unspecified atom stereocenters. The third-order valence-electron chi connectivity index (χ3n) is 2.52. The summed E-state index contributed by atoms with van der Waals surface area (Å²) >= 11 is 0. The van der Waals surface area contributed by atoms with Crippen LogP contribution in [0.5, 0.6) is 0 Å². The Morgan fingerprint density at radius 1 is 1.27 bits per heavy atom. The van der Waals surface area contributed by atoms with Crippen molar-refractivity contribution in [3.05, 3.63) is 0 Å². The third kappa shape index (κ3) is 4.50. The fourth-order valence-electron chi connectivity index (χ4n) is 1.83. The number of rotatable bonds is 1. The second kappa shape index (κ2) is 5.40. The van der Waals surface area contributed by atoms with Gasteiger partial charge in [0.25, 0.3) is 0 Å². The van der Waals surface area contributed by atoms with Gasteiger partial charge in [-0.3, -0.25) is 4.79 Å². The molecule has 2 N–H and O–H groups in total. The van der Waals surface area contributed by atoms with Crippen LogP contribution in [0.3, 0.4) is 0 Å². The Balaban J connectivity index is 2.33. The maximum Gasteiger partial charge on any atom is 0.381 e. The normalized spacial score (nSPS) is 24.9. The lowest BCUT2D eigenvalue weighted by atomic mass is 9.86. The van der Waals surface area contributed by atoms with Crippen molar-refractivity contribution in [3.63, 3.8) is 0 Å². The molecular weight excluding hydrogens is 194 g/mol. The van der Waals surface area contributed by atoms with Gasteiger partial charge in [-0.25, -0.2) is 4.79 Å². The van der Waals surface area contributed by atoms with E-state index in [0.717, 1.165) is 25.7 Å². The molecule has 0 aromatic carbocycles. The van der Waals surface area contributed by atoms with Gasteiger partial charge < -0.3 is 10.4 Å². The van der Waals surface area contributed by atoms with Gasteiger partial charge >= 0.3 is 5.97 Å². The molecule has 1 saturated carbocycles. The summed E-state index contributed by atoms with van der Waals surface area (Å²) in [5, 5.41) is 11.2. The van der Waals surface area contributed by atoms with Crippen molar-refractivity contribution >= 4 is 11.9 Å². The van der Waals surface area contributed by atoms with E-state index in [1.807, 2.05) is 0 Å². The number of hydrogen-bond acceptors (Lipinski definition) is 2. The SMILES string of the molecule is CC(=O)NC1CCC(C#CC(=O)O)CC1. The van der Waals surface area contributed by atoms with E-state index < -0.39 is 5.97 Å². The predicted octanol–water partition coefficient (Wildman–Crippen LogP) is 0.769. The Bertz CT molecular complexity index is 306. The maximum absolute atomic E-state index is 10.8. The van der Waals surface area contributed by atoms with Gasteiger partial charge in [0.1, 0.15) is 0 Å². The highest BCUT2D eigenvalue weighted by Gasteiger charge is 2.20. The molecule has 0 spiro atoms. The van der Waals surface area contributed by atoms with E-state index in [1.165, 1.54) is 6.92 Å². The van der Waals surface area contributed by atoms with Crippen LogP contribution in [0.1, 0.15) is 32.6 Å². The van der Waals surface area contributed by atoms with Gasteiger partial charge in [0.15, 0.2) is 0 Å². The number of carbonyl (C=O) groups is 2. The number of aliphatic carboxylic acids is 1. The van der Waals surface area contributed by atoms with Gasteiger partial charge in [0.2, 0.25) is 5.91 Å². The van der Waals surface area contributed by atoms with Gasteiger partial charge in [0, 0.05) is 24.8 Å². The summed E-state index contributed by atoms with van der Waals surface area (Å²) < 4.78 is 0. The summed E-state index contributed by atoms with van der Waals surface area (Å²) in [5.74, 6) is 3.98. The average Bonchev–Trinajstić information content (AvgIpc) is 2.16. The molecule has 0 aromatic heterocycles. The second-order valence-electron chi connectivity index (χ2n) is 3.82. The molecule has 1 aliphatic carbocycles. The molecule has 1 rings (SSSR count). The van der Waals surface area contributed by atoms with Crippen molar-refractivity contribution in [3.8, 4) is 11.8 Å². The van der Waals surface area contributed by atoms with Crippen LogP contribution < -0.4 is 5.32 Å². The summed E-state index contributed by atoms with van der Waals surface area (Å²) in [6.45, 7) is 1.51. The number of nitrogens with one attached hydrogen (secondary N) is 1. The fraction of sp³-hybridized carbons (Fsp3) is 0.636. The van der Waals surface area contributed by atoms with E-state index in [1.54, 1.807) is 0 Å². The first-order valence-electron chi connectivity index (χ1n) is 5.09. The van der Waals surface area contributed by atoms with Crippen molar-refractivity contribution in [2.45, 2.75) is 38.6 Å². The van der Waals surface area contributed by atoms with Crippen LogP contribution in [0.2, 0.25) is 0 Å². The Morgan fingerprint density at radius 3 is 2.33 bits per heavy atom. The maximum atomic E-state index is 10.8. The van der Waals surface area contributed by atoms with Crippen LogP contribution in [-0.2, 0) is 9.59 Å². The highest BCUT2D eigenvalue weighted by atomic mass is 16.4. The lowest BCUT2D eigenvalue weighted by Gasteiger charge is -2.25. The van der Waals surface area contributed by atoms with Crippen molar-refractivity contribution < 1.29 is 14.7 Å². The number of carboxylic acid groups (broad SMARTS) is 1. The second-order valence-corrected chi connectivity index (χ2v) is 3.82. The van der Waals surface area contributed by atoms with Crippen molar-refractivity contribution in [1.82, 2.24) is 5.32 Å². The Labute approximate surface area is 89.0 Å². The molecule has 4 heteroatoms. The molecule has 0 atom stereocenters. The Hall–Kier alpha value is -1.50. The highest BCUT2D eigenvalue weighted by molar-refractivity contribution is 5.86. The van der Waals surface area contributed by atoms with E-state index in [2.05, 4.69) is 17.2 Å². The molecule has 0 heterocycles. The van der Waals surface area contributed by atoms with Crippen molar-refractivity contribution in [1.29, 1.82) is 0 Å². The third-order valence-corrected chi connectivity index (χ3v) is 2.52. The smallest absolute Gasteiger partial charge is 0.381 e. The van der Waals surface area contributed by atoms with Crippen molar-refractivity contribution in [2.24, 2.45) is 5.92 Å². The van der Waals surface area contributed by atoms with Crippen LogP contribution in [-0.4, -0.2) is 23.0 Å². The first-order chi connectivity index (χ1) is 7.08. The zero-order valence-corrected chi connectivity index (χ0v) is 8.75. The predicted molar refractivity (Wildman–Crippen MR) is 55.0 cm³/mol. The average molecular weight is 209 g/mol. The van der Waals surface area contributed by atoms with E-state index in [9.17, 15) is 9.59 Å². The van der Waals surface area contributed by atoms with Gasteiger partial charge in [-0.05, 0) is 25.7 Å². The minimum atomic E-state index is -1.07. The van der Waals surface area contributed by atoms with Crippen molar-refractivity contribution in [2.75, 3.05) is 0 Å². The molecule has 4 nitrogen and oxygen atoms in total. The highest BCUT2D eigenvalue weighted by Crippen LogP contribution is 2.23. The standard InChI is InChI=1S/C11H15NO3/c1-8(13)12-10-5-2-9(3-6-10)4-7-11(14)15/h9-10H,2-3,5-6H2,1H3,(H,12,13)(H,14,15). The lowest BCUT2D eigenvalue weighted by molar-refractivity contribution is -0.130. The zero-order chi connectivity index (χ0) is 11.3. The van der Waals surface area contributed by atoms with Crippen LogP contribution in [0.15, 0.2) is 0 Å².